The van der Waals surface area contributed by atoms with Gasteiger partial charge >= 0.3 is 0 Å². The van der Waals surface area contributed by atoms with E-state index in [0.717, 1.165) is 25.7 Å². The van der Waals surface area contributed by atoms with Gasteiger partial charge in [-0.05, 0) is 31.6 Å². The Morgan fingerprint density at radius 1 is 1.36 bits per heavy atom. The number of unbranched alkanes of at least 4 members (excludes halogenated alkanes) is 1. The predicted molar refractivity (Wildman–Crippen MR) is 54.6 cm³/mol. The molecule has 0 radical (unpaired) electrons. The second kappa shape index (κ2) is 3.87. The molecule has 4 unspecified atom stereocenters. The first-order chi connectivity index (χ1) is 6.74. The summed E-state index contributed by atoms with van der Waals surface area (Å²) >= 11 is 0. The van der Waals surface area contributed by atoms with Crippen LogP contribution in [0, 0.1) is 27.9 Å². The van der Waals surface area contributed by atoms with Gasteiger partial charge in [0.25, 0.3) is 0 Å². The zero-order valence-electron chi connectivity index (χ0n) is 8.82. The molecule has 0 N–H and O–H groups in total. The Morgan fingerprint density at radius 3 is 2.71 bits per heavy atom. The lowest BCUT2D eigenvalue weighted by atomic mass is 9.81. The number of fused-ring (bicyclic) bond motifs is 2. The third-order valence-electron chi connectivity index (χ3n) is 4.18. The lowest BCUT2D eigenvalue weighted by Crippen LogP contribution is -2.34. The van der Waals surface area contributed by atoms with Crippen LogP contribution in [0.5, 0.6) is 0 Å². The Hall–Kier alpha value is -0.600. The predicted octanol–water partition coefficient (Wildman–Crippen LogP) is 2.87. The van der Waals surface area contributed by atoms with Crippen LogP contribution in [-0.2, 0) is 0 Å². The zero-order valence-corrected chi connectivity index (χ0v) is 8.82. The van der Waals surface area contributed by atoms with E-state index in [2.05, 4.69) is 6.92 Å². The summed E-state index contributed by atoms with van der Waals surface area (Å²) in [6.45, 7) is 2.16. The summed E-state index contributed by atoms with van der Waals surface area (Å²) in [4.78, 5) is 11.0. The van der Waals surface area contributed by atoms with Crippen LogP contribution in [0.2, 0.25) is 0 Å². The average molecular weight is 197 g/mol. The maximum Gasteiger partial charge on any atom is 0.218 e. The van der Waals surface area contributed by atoms with E-state index >= 15 is 0 Å². The smallest absolute Gasteiger partial charge is 0.218 e. The molecule has 4 atom stereocenters. The van der Waals surface area contributed by atoms with E-state index in [1.807, 2.05) is 0 Å². The van der Waals surface area contributed by atoms with Gasteiger partial charge in [0.1, 0.15) is 0 Å². The zero-order chi connectivity index (χ0) is 10.1. The van der Waals surface area contributed by atoms with Gasteiger partial charge < -0.3 is 0 Å². The molecule has 14 heavy (non-hydrogen) atoms. The molecular weight excluding hydrogens is 178 g/mol. The van der Waals surface area contributed by atoms with Gasteiger partial charge in [-0.15, -0.1) is 0 Å². The standard InChI is InChI=1S/C11H19NO2/c1-2-3-4-10-8-5-6-9(7-8)11(10)12(13)14/h8-11H,2-7H2,1H3. The van der Waals surface area contributed by atoms with Gasteiger partial charge in [0, 0.05) is 16.8 Å². The first kappa shape index (κ1) is 9.94. The van der Waals surface area contributed by atoms with E-state index in [9.17, 15) is 10.1 Å². The lowest BCUT2D eigenvalue weighted by molar-refractivity contribution is -0.539. The summed E-state index contributed by atoms with van der Waals surface area (Å²) in [5, 5.41) is 11.0. The second-order valence-electron chi connectivity index (χ2n) is 4.92. The minimum Gasteiger partial charge on any atom is -0.264 e. The first-order valence-electron chi connectivity index (χ1n) is 5.87. The number of nitro groups is 1. The Morgan fingerprint density at radius 2 is 2.07 bits per heavy atom. The lowest BCUT2D eigenvalue weighted by Gasteiger charge is -2.24. The molecule has 2 aliphatic carbocycles. The van der Waals surface area contributed by atoms with Crippen LogP contribution in [0.4, 0.5) is 0 Å². The summed E-state index contributed by atoms with van der Waals surface area (Å²) in [5.74, 6) is 1.50. The molecule has 2 saturated carbocycles. The molecule has 0 aromatic rings. The molecule has 3 nitrogen and oxygen atoms in total. The molecule has 2 rings (SSSR count). The Bertz CT molecular complexity index is 229. The molecular formula is C11H19NO2. The van der Waals surface area contributed by atoms with E-state index < -0.39 is 0 Å². The van der Waals surface area contributed by atoms with Crippen molar-refractivity contribution < 1.29 is 4.92 Å². The van der Waals surface area contributed by atoms with Crippen molar-refractivity contribution in [3.05, 3.63) is 10.1 Å². The van der Waals surface area contributed by atoms with Crippen molar-refractivity contribution in [1.29, 1.82) is 0 Å². The van der Waals surface area contributed by atoms with Gasteiger partial charge in [-0.1, -0.05) is 19.8 Å². The summed E-state index contributed by atoms with van der Waals surface area (Å²) in [6, 6.07) is -0.194. The third-order valence-corrected chi connectivity index (χ3v) is 4.18. The van der Waals surface area contributed by atoms with Crippen molar-refractivity contribution in [3.63, 3.8) is 0 Å². The SMILES string of the molecule is CCCCC1C2CCC(C2)C1[N+](=O)[O-]. The number of nitrogens with zero attached hydrogens (tertiary/aromatic N) is 1. The average Bonchev–Trinajstić information content (AvgIpc) is 2.72. The van der Waals surface area contributed by atoms with Gasteiger partial charge in [0.15, 0.2) is 0 Å². The molecule has 0 amide bonds. The highest BCUT2D eigenvalue weighted by Gasteiger charge is 2.53. The van der Waals surface area contributed by atoms with Gasteiger partial charge in [0.05, 0.1) is 0 Å². The molecule has 2 aliphatic rings. The monoisotopic (exact) mass is 197 g/mol. The fraction of sp³-hybridized carbons (Fsp3) is 1.00. The van der Waals surface area contributed by atoms with Crippen molar-refractivity contribution in [2.75, 3.05) is 0 Å². The fourth-order valence-electron chi connectivity index (χ4n) is 3.55. The highest BCUT2D eigenvalue weighted by atomic mass is 16.6. The van der Waals surface area contributed by atoms with E-state index in [1.165, 1.54) is 12.8 Å². The second-order valence-corrected chi connectivity index (χ2v) is 4.92. The maximum absolute atomic E-state index is 11.0. The normalized spacial score (nSPS) is 40.4. The minimum absolute atomic E-state index is 0.00412. The molecule has 0 aromatic heterocycles. The van der Waals surface area contributed by atoms with Crippen molar-refractivity contribution in [2.45, 2.75) is 51.5 Å². The number of hydrogen-bond acceptors (Lipinski definition) is 2. The van der Waals surface area contributed by atoms with Crippen molar-refractivity contribution in [2.24, 2.45) is 17.8 Å². The molecule has 0 aliphatic heterocycles. The highest BCUT2D eigenvalue weighted by Crippen LogP contribution is 2.51. The molecule has 0 saturated heterocycles. The summed E-state index contributed by atoms with van der Waals surface area (Å²) in [6.07, 6.45) is 6.92. The van der Waals surface area contributed by atoms with Gasteiger partial charge in [-0.25, -0.2) is 0 Å². The third kappa shape index (κ3) is 1.53. The number of rotatable bonds is 4. The van der Waals surface area contributed by atoms with Gasteiger partial charge in [-0.3, -0.25) is 10.1 Å². The molecule has 3 heteroatoms. The molecule has 0 heterocycles. The van der Waals surface area contributed by atoms with Crippen LogP contribution < -0.4 is 0 Å². The van der Waals surface area contributed by atoms with E-state index in [1.54, 1.807) is 0 Å². The van der Waals surface area contributed by atoms with E-state index in [-0.39, 0.29) is 11.0 Å². The fourth-order valence-corrected chi connectivity index (χ4v) is 3.55. The molecule has 0 spiro atoms. The topological polar surface area (TPSA) is 43.1 Å². The molecule has 2 fully saturated rings. The van der Waals surface area contributed by atoms with E-state index in [4.69, 9.17) is 0 Å². The quantitative estimate of drug-likeness (QED) is 0.513. The van der Waals surface area contributed by atoms with Gasteiger partial charge in [-0.2, -0.15) is 0 Å². The van der Waals surface area contributed by atoms with Crippen LogP contribution in [-0.4, -0.2) is 11.0 Å². The van der Waals surface area contributed by atoms with Crippen molar-refractivity contribution in [3.8, 4) is 0 Å². The molecule has 80 valence electrons. The van der Waals surface area contributed by atoms with Crippen LogP contribution in [0.25, 0.3) is 0 Å². The largest absolute Gasteiger partial charge is 0.264 e. The van der Waals surface area contributed by atoms with Crippen molar-refractivity contribution in [1.82, 2.24) is 0 Å². The van der Waals surface area contributed by atoms with Crippen LogP contribution in [0.15, 0.2) is 0 Å². The Labute approximate surface area is 85.0 Å². The van der Waals surface area contributed by atoms with E-state index in [0.29, 0.717) is 17.8 Å². The van der Waals surface area contributed by atoms with Crippen LogP contribution in [0.1, 0.15) is 45.4 Å². The summed E-state index contributed by atoms with van der Waals surface area (Å²) in [5.41, 5.74) is 0. The Kier molecular flexibility index (Phi) is 2.75. The Balaban J connectivity index is 2.02. The summed E-state index contributed by atoms with van der Waals surface area (Å²) in [7, 11) is 0. The van der Waals surface area contributed by atoms with Crippen LogP contribution in [0.3, 0.4) is 0 Å². The number of hydrogen-bond donors (Lipinski definition) is 0. The highest BCUT2D eigenvalue weighted by molar-refractivity contribution is 4.96. The maximum atomic E-state index is 11.0. The van der Waals surface area contributed by atoms with Crippen LogP contribution >= 0.6 is 0 Å². The van der Waals surface area contributed by atoms with Crippen molar-refractivity contribution >= 4 is 0 Å². The summed E-state index contributed by atoms with van der Waals surface area (Å²) < 4.78 is 0. The minimum atomic E-state index is -0.194. The molecule has 0 aromatic carbocycles. The van der Waals surface area contributed by atoms with Gasteiger partial charge in [0.2, 0.25) is 6.04 Å². The molecule has 2 bridgehead atoms. The first-order valence-corrected chi connectivity index (χ1v) is 5.87.